The third kappa shape index (κ3) is 5.25. The molecule has 30 heavy (non-hydrogen) atoms. The zero-order chi connectivity index (χ0) is 21.9. The van der Waals surface area contributed by atoms with Gasteiger partial charge in [-0.05, 0) is 61.4 Å². The summed E-state index contributed by atoms with van der Waals surface area (Å²) in [6.45, 7) is 0.938. The van der Waals surface area contributed by atoms with E-state index in [1.165, 1.54) is 59.9 Å². The molecule has 2 aromatic carbocycles. The Balaban J connectivity index is 1.67. The third-order valence-electron chi connectivity index (χ3n) is 4.85. The van der Waals surface area contributed by atoms with Crippen molar-refractivity contribution in [2.75, 3.05) is 31.8 Å². The van der Waals surface area contributed by atoms with E-state index in [1.54, 1.807) is 0 Å². The Kier molecular flexibility index (Phi) is 6.61. The summed E-state index contributed by atoms with van der Waals surface area (Å²) in [5.74, 6) is -0.432. The molecule has 10 heteroatoms. The molecule has 162 valence electrons. The first-order valence-electron chi connectivity index (χ1n) is 9.37. The molecule has 1 amide bonds. The number of nitrogens with zero attached hydrogens (tertiary/aromatic N) is 1. The van der Waals surface area contributed by atoms with Crippen molar-refractivity contribution in [1.82, 2.24) is 4.31 Å². The number of sulfonamides is 1. The van der Waals surface area contributed by atoms with Crippen molar-refractivity contribution < 1.29 is 26.4 Å². The van der Waals surface area contributed by atoms with Crippen LogP contribution in [0.1, 0.15) is 23.2 Å². The van der Waals surface area contributed by atoms with E-state index in [1.807, 2.05) is 0 Å². The van der Waals surface area contributed by atoms with Gasteiger partial charge in [-0.2, -0.15) is 4.31 Å². The fourth-order valence-electron chi connectivity index (χ4n) is 3.12. The summed E-state index contributed by atoms with van der Waals surface area (Å²) in [6, 6.07) is 11.5. The van der Waals surface area contributed by atoms with E-state index >= 15 is 0 Å². The number of amides is 1. The number of nitrogens with one attached hydrogen (secondary N) is 1. The fourth-order valence-corrected chi connectivity index (χ4v) is 4.95. The van der Waals surface area contributed by atoms with Gasteiger partial charge in [-0.25, -0.2) is 16.8 Å². The highest BCUT2D eigenvalue weighted by molar-refractivity contribution is 7.90. The van der Waals surface area contributed by atoms with Crippen LogP contribution in [0.15, 0.2) is 58.3 Å². The zero-order valence-corrected chi connectivity index (χ0v) is 18.4. The predicted molar refractivity (Wildman–Crippen MR) is 113 cm³/mol. The molecule has 8 nitrogen and oxygen atoms in total. The number of anilines is 1. The molecule has 1 atom stereocenters. The van der Waals surface area contributed by atoms with Gasteiger partial charge in [0.05, 0.1) is 15.9 Å². The smallest absolute Gasteiger partial charge is 0.255 e. The molecule has 0 saturated carbocycles. The molecule has 1 heterocycles. The maximum absolute atomic E-state index is 12.7. The minimum Gasteiger partial charge on any atom is -0.377 e. The summed E-state index contributed by atoms with van der Waals surface area (Å²) < 4.78 is 55.2. The van der Waals surface area contributed by atoms with Gasteiger partial charge in [0, 0.05) is 37.7 Å². The Labute approximate surface area is 176 Å². The highest BCUT2D eigenvalue weighted by atomic mass is 32.2. The number of hydrogen-bond donors (Lipinski definition) is 1. The lowest BCUT2D eigenvalue weighted by atomic mass is 10.2. The third-order valence-corrected chi connectivity index (χ3v) is 7.82. The monoisotopic (exact) mass is 452 g/mol. The van der Waals surface area contributed by atoms with Crippen molar-refractivity contribution in [2.24, 2.45) is 0 Å². The summed E-state index contributed by atoms with van der Waals surface area (Å²) in [7, 11) is -5.49. The predicted octanol–water partition coefficient (Wildman–Crippen LogP) is 2.14. The van der Waals surface area contributed by atoms with Crippen LogP contribution in [-0.2, 0) is 24.6 Å². The molecule has 0 bridgehead atoms. The minimum atomic E-state index is -3.68. The molecule has 1 saturated heterocycles. The van der Waals surface area contributed by atoms with Gasteiger partial charge in [-0.15, -0.1) is 0 Å². The molecule has 2 aromatic rings. The molecule has 1 N–H and O–H groups in total. The maximum atomic E-state index is 12.7. The van der Waals surface area contributed by atoms with Crippen LogP contribution in [0.3, 0.4) is 0 Å². The molecule has 3 rings (SSSR count). The summed E-state index contributed by atoms with van der Waals surface area (Å²) in [4.78, 5) is 12.7. The van der Waals surface area contributed by atoms with Crippen molar-refractivity contribution in [3.8, 4) is 0 Å². The first-order chi connectivity index (χ1) is 14.1. The van der Waals surface area contributed by atoms with Crippen LogP contribution >= 0.6 is 0 Å². The number of hydrogen-bond acceptors (Lipinski definition) is 6. The average molecular weight is 453 g/mol. The average Bonchev–Trinajstić information content (AvgIpc) is 3.21. The number of carbonyl (C=O) groups excluding carboxylic acids is 1. The standard InChI is InChI=1S/C20H24N2O6S2/c1-22(14-17-4-3-13-28-17)30(26,27)19-9-5-15(6-10-19)20(23)21-16-7-11-18(12-8-16)29(2,24)25/h5-12,17H,3-4,13-14H2,1-2H3,(H,21,23). The van der Waals surface area contributed by atoms with E-state index < -0.39 is 25.8 Å². The van der Waals surface area contributed by atoms with Gasteiger partial charge in [0.2, 0.25) is 10.0 Å². The van der Waals surface area contributed by atoms with E-state index in [0.29, 0.717) is 12.3 Å². The van der Waals surface area contributed by atoms with Crippen molar-refractivity contribution >= 4 is 31.5 Å². The van der Waals surface area contributed by atoms with Crippen LogP contribution in [0.4, 0.5) is 5.69 Å². The minimum absolute atomic E-state index is 0.0936. The van der Waals surface area contributed by atoms with Crippen LogP contribution in [0.25, 0.3) is 0 Å². The van der Waals surface area contributed by atoms with Crippen molar-refractivity contribution in [3.63, 3.8) is 0 Å². The molecule has 1 fully saturated rings. The molecule has 1 aliphatic rings. The number of carbonyl (C=O) groups is 1. The summed E-state index contributed by atoms with van der Waals surface area (Å²) in [6.07, 6.45) is 2.78. The quantitative estimate of drug-likeness (QED) is 0.689. The first-order valence-corrected chi connectivity index (χ1v) is 12.7. The van der Waals surface area contributed by atoms with Gasteiger partial charge in [0.1, 0.15) is 0 Å². The van der Waals surface area contributed by atoms with Crippen LogP contribution in [0.5, 0.6) is 0 Å². The number of likely N-dealkylation sites (N-methyl/N-ethyl adjacent to an activating group) is 1. The second-order valence-corrected chi connectivity index (χ2v) is 11.3. The lowest BCUT2D eigenvalue weighted by Gasteiger charge is -2.20. The fraction of sp³-hybridized carbons (Fsp3) is 0.350. The molecular weight excluding hydrogens is 428 g/mol. The van der Waals surface area contributed by atoms with Gasteiger partial charge < -0.3 is 10.1 Å². The topological polar surface area (TPSA) is 110 Å². The number of ether oxygens (including phenoxy) is 1. The second kappa shape index (κ2) is 8.84. The molecule has 1 unspecified atom stereocenters. The highest BCUT2D eigenvalue weighted by Crippen LogP contribution is 2.20. The number of rotatable bonds is 7. The van der Waals surface area contributed by atoms with Crippen LogP contribution in [0.2, 0.25) is 0 Å². The van der Waals surface area contributed by atoms with Gasteiger partial charge >= 0.3 is 0 Å². The molecule has 0 spiro atoms. The molecular formula is C20H24N2O6S2. The van der Waals surface area contributed by atoms with E-state index in [4.69, 9.17) is 4.74 Å². The van der Waals surface area contributed by atoms with E-state index in [2.05, 4.69) is 5.32 Å². The highest BCUT2D eigenvalue weighted by Gasteiger charge is 2.26. The SMILES string of the molecule is CN(CC1CCCO1)S(=O)(=O)c1ccc(C(=O)Nc2ccc(S(C)(=O)=O)cc2)cc1. The molecule has 1 aliphatic heterocycles. The summed E-state index contributed by atoms with van der Waals surface area (Å²) in [5.41, 5.74) is 0.711. The lowest BCUT2D eigenvalue weighted by molar-refractivity contribution is 0.0979. The molecule has 0 radical (unpaired) electrons. The van der Waals surface area contributed by atoms with Crippen LogP contribution < -0.4 is 5.32 Å². The van der Waals surface area contributed by atoms with E-state index in [-0.39, 0.29) is 28.0 Å². The van der Waals surface area contributed by atoms with Crippen LogP contribution in [0, 0.1) is 0 Å². The largest absolute Gasteiger partial charge is 0.377 e. The Morgan fingerprint density at radius 1 is 1.03 bits per heavy atom. The maximum Gasteiger partial charge on any atom is 0.255 e. The second-order valence-electron chi connectivity index (χ2n) is 7.20. The lowest BCUT2D eigenvalue weighted by Crippen LogP contribution is -2.34. The summed E-state index contributed by atoms with van der Waals surface area (Å²) in [5, 5.41) is 2.66. The van der Waals surface area contributed by atoms with Gasteiger partial charge in [0.15, 0.2) is 9.84 Å². The van der Waals surface area contributed by atoms with Gasteiger partial charge in [0.25, 0.3) is 5.91 Å². The zero-order valence-electron chi connectivity index (χ0n) is 16.7. The van der Waals surface area contributed by atoms with Gasteiger partial charge in [-0.3, -0.25) is 4.79 Å². The Morgan fingerprint density at radius 3 is 2.17 bits per heavy atom. The van der Waals surface area contributed by atoms with Crippen molar-refractivity contribution in [1.29, 1.82) is 0 Å². The number of benzene rings is 2. The van der Waals surface area contributed by atoms with E-state index in [0.717, 1.165) is 19.1 Å². The van der Waals surface area contributed by atoms with Crippen molar-refractivity contribution in [2.45, 2.75) is 28.7 Å². The normalized spacial score (nSPS) is 17.2. The molecule has 0 aromatic heterocycles. The number of sulfone groups is 1. The van der Waals surface area contributed by atoms with Crippen LogP contribution in [-0.4, -0.2) is 59.6 Å². The van der Waals surface area contributed by atoms with Crippen molar-refractivity contribution in [3.05, 3.63) is 54.1 Å². The summed E-state index contributed by atoms with van der Waals surface area (Å²) >= 11 is 0. The Bertz CT molecular complexity index is 1100. The Hall–Kier alpha value is -2.27. The van der Waals surface area contributed by atoms with Gasteiger partial charge in [-0.1, -0.05) is 0 Å². The van der Waals surface area contributed by atoms with E-state index in [9.17, 15) is 21.6 Å². The first kappa shape index (κ1) is 22.4. The Morgan fingerprint density at radius 2 is 1.63 bits per heavy atom. The molecule has 0 aliphatic carbocycles.